The van der Waals surface area contributed by atoms with Crippen LogP contribution in [0.25, 0.3) is 0 Å². The quantitative estimate of drug-likeness (QED) is 0.531. The van der Waals surface area contributed by atoms with Gasteiger partial charge in [0.15, 0.2) is 0 Å². The highest BCUT2D eigenvalue weighted by Gasteiger charge is 2.30. The molecule has 1 rings (SSSR count). The van der Waals surface area contributed by atoms with Gasteiger partial charge in [-0.2, -0.15) is 0 Å². The van der Waals surface area contributed by atoms with E-state index in [0.717, 1.165) is 0 Å². The lowest BCUT2D eigenvalue weighted by molar-refractivity contribution is 0.745. The Morgan fingerprint density at radius 2 is 1.45 bits per heavy atom. The number of rotatable bonds is 1. The van der Waals surface area contributed by atoms with E-state index in [-0.39, 0.29) is 7.26 Å². The molecule has 1 fully saturated rings. The van der Waals surface area contributed by atoms with Gasteiger partial charge in [-0.3, -0.25) is 0 Å². The summed E-state index contributed by atoms with van der Waals surface area (Å²) in [5.74, 6) is 0. The summed E-state index contributed by atoms with van der Waals surface area (Å²) in [6.07, 6.45) is 9.23. The maximum atomic E-state index is 2.55. The molecule has 0 nitrogen and oxygen atoms in total. The van der Waals surface area contributed by atoms with Crippen molar-refractivity contribution >= 4 is 7.26 Å². The summed E-state index contributed by atoms with van der Waals surface area (Å²) in [7, 11) is -0.344. The van der Waals surface area contributed by atoms with Gasteiger partial charge in [0.25, 0.3) is 0 Å². The van der Waals surface area contributed by atoms with Gasteiger partial charge in [-0.05, 0) is 26.2 Å². The highest BCUT2D eigenvalue weighted by atomic mass is 31.2. The van der Waals surface area contributed by atoms with E-state index in [4.69, 9.17) is 0 Å². The predicted octanol–water partition coefficient (Wildman–Crippen LogP) is 3.86. The minimum Gasteiger partial charge on any atom is -0.0683 e. The zero-order chi connectivity index (χ0) is 8.74. The molecule has 1 heteroatoms. The summed E-state index contributed by atoms with van der Waals surface area (Å²) in [5.41, 5.74) is 0. The van der Waals surface area contributed by atoms with Crippen LogP contribution in [-0.2, 0) is 0 Å². The molecule has 0 unspecified atom stereocenters. The lowest BCUT2D eigenvalue weighted by atomic mass is 10.3. The maximum Gasteiger partial charge on any atom is 0.0591 e. The van der Waals surface area contributed by atoms with Crippen LogP contribution in [0.2, 0.25) is 0 Å². The third-order valence-corrected chi connectivity index (χ3v) is 6.98. The molecule has 1 saturated heterocycles. The van der Waals surface area contributed by atoms with Gasteiger partial charge in [0.1, 0.15) is 0 Å². The Hall–Kier alpha value is 0.430. The molecule has 0 atom stereocenters. The molecule has 0 spiro atoms. The van der Waals surface area contributed by atoms with E-state index < -0.39 is 0 Å². The van der Waals surface area contributed by atoms with Crippen LogP contribution in [0.3, 0.4) is 0 Å². The van der Waals surface area contributed by atoms with E-state index in [1.54, 1.807) is 12.3 Å². The van der Waals surface area contributed by atoms with Crippen molar-refractivity contribution in [1.82, 2.24) is 0 Å². The van der Waals surface area contributed by atoms with E-state index in [0.29, 0.717) is 0 Å². The first-order valence-corrected chi connectivity index (χ1v) is 7.89. The normalized spacial score (nSPS) is 21.8. The largest absolute Gasteiger partial charge is 0.0683 e. The van der Waals surface area contributed by atoms with Crippen molar-refractivity contribution in [2.75, 3.05) is 25.2 Å². The molecule has 1 aliphatic heterocycles. The fourth-order valence-corrected chi connectivity index (χ4v) is 4.42. The van der Waals surface area contributed by atoms with Crippen molar-refractivity contribution in [1.29, 1.82) is 0 Å². The topological polar surface area (TPSA) is 0 Å². The average molecular weight is 175 g/mol. The van der Waals surface area contributed by atoms with Crippen molar-refractivity contribution in [2.24, 2.45) is 0 Å². The van der Waals surface area contributed by atoms with Crippen LogP contribution in [0.1, 0.15) is 40.0 Å². The van der Waals surface area contributed by atoms with Crippen molar-refractivity contribution in [3.8, 4) is 0 Å². The van der Waals surface area contributed by atoms with Crippen LogP contribution < -0.4 is 0 Å². The van der Waals surface area contributed by atoms with Crippen LogP contribution in [0.15, 0.2) is 0 Å². The highest BCUT2D eigenvalue weighted by molar-refractivity contribution is 7.75. The van der Waals surface area contributed by atoms with E-state index >= 15 is 0 Å². The van der Waals surface area contributed by atoms with E-state index in [2.05, 4.69) is 13.6 Å². The van der Waals surface area contributed by atoms with Gasteiger partial charge in [-0.25, -0.2) is 0 Å². The average Bonchev–Trinajstić information content (AvgIpc) is 2.10. The van der Waals surface area contributed by atoms with Crippen molar-refractivity contribution in [2.45, 2.75) is 40.0 Å². The van der Waals surface area contributed by atoms with Crippen LogP contribution in [0.4, 0.5) is 0 Å². The Kier molecular flexibility index (Phi) is 6.24. The summed E-state index contributed by atoms with van der Waals surface area (Å²) in [4.78, 5) is 0. The van der Waals surface area contributed by atoms with Gasteiger partial charge < -0.3 is 0 Å². The lowest BCUT2D eigenvalue weighted by Crippen LogP contribution is -2.09. The SMILES string of the molecule is CC.CC[P+]1(C)CCCCC1. The molecule has 0 radical (unpaired) electrons. The fraction of sp³-hybridized carbons (Fsp3) is 1.00. The Labute approximate surface area is 73.1 Å². The molecule has 0 bridgehead atoms. The van der Waals surface area contributed by atoms with E-state index in [9.17, 15) is 0 Å². The standard InChI is InChI=1S/C8H18P.C2H6/c1-3-9(2)7-5-4-6-8-9;1-2/h3-8H2,1-2H3;1-2H3/q+1;. The first-order valence-electron chi connectivity index (χ1n) is 5.10. The molecule has 68 valence electrons. The van der Waals surface area contributed by atoms with Gasteiger partial charge in [-0.1, -0.05) is 13.8 Å². The van der Waals surface area contributed by atoms with Gasteiger partial charge in [0.2, 0.25) is 0 Å². The number of hydrogen-bond donors (Lipinski definition) is 0. The number of hydrogen-bond acceptors (Lipinski definition) is 0. The molecule has 0 aromatic rings. The summed E-state index contributed by atoms with van der Waals surface area (Å²) in [6, 6.07) is 0. The summed E-state index contributed by atoms with van der Waals surface area (Å²) in [5, 5.41) is 0. The molecule has 0 saturated carbocycles. The highest BCUT2D eigenvalue weighted by Crippen LogP contribution is 2.58. The predicted molar refractivity (Wildman–Crippen MR) is 58.3 cm³/mol. The first kappa shape index (κ1) is 11.4. The second-order valence-corrected chi connectivity index (χ2v) is 8.21. The minimum atomic E-state index is -0.344. The lowest BCUT2D eigenvalue weighted by Gasteiger charge is -2.25. The van der Waals surface area contributed by atoms with Crippen molar-refractivity contribution in [3.05, 3.63) is 0 Å². The second kappa shape index (κ2) is 6.00. The molecular weight excluding hydrogens is 151 g/mol. The molecule has 0 aromatic carbocycles. The molecule has 0 N–H and O–H groups in total. The molecule has 0 amide bonds. The second-order valence-electron chi connectivity index (χ2n) is 3.44. The van der Waals surface area contributed by atoms with E-state index in [1.807, 2.05) is 13.8 Å². The van der Waals surface area contributed by atoms with Crippen molar-refractivity contribution in [3.63, 3.8) is 0 Å². The van der Waals surface area contributed by atoms with Crippen LogP contribution in [-0.4, -0.2) is 25.2 Å². The first-order chi connectivity index (χ1) is 5.27. The van der Waals surface area contributed by atoms with Gasteiger partial charge in [0, 0.05) is 13.9 Å². The monoisotopic (exact) mass is 175 g/mol. The van der Waals surface area contributed by atoms with Crippen molar-refractivity contribution < 1.29 is 0 Å². The maximum absolute atomic E-state index is 2.55. The fourth-order valence-electron chi connectivity index (χ4n) is 1.59. The zero-order valence-electron chi connectivity index (χ0n) is 8.69. The molecule has 0 aromatic heterocycles. The third kappa shape index (κ3) is 4.11. The summed E-state index contributed by atoms with van der Waals surface area (Å²) in [6.45, 7) is 8.92. The molecule has 11 heavy (non-hydrogen) atoms. The van der Waals surface area contributed by atoms with Crippen LogP contribution in [0.5, 0.6) is 0 Å². The van der Waals surface area contributed by atoms with Gasteiger partial charge in [0.05, 0.1) is 18.5 Å². The van der Waals surface area contributed by atoms with Crippen LogP contribution >= 0.6 is 7.26 Å². The minimum absolute atomic E-state index is 0.344. The zero-order valence-corrected chi connectivity index (χ0v) is 9.58. The summed E-state index contributed by atoms with van der Waals surface area (Å²) >= 11 is 0. The Balaban J connectivity index is 0.000000461. The molecular formula is C10H24P+. The molecule has 1 aliphatic rings. The summed E-state index contributed by atoms with van der Waals surface area (Å²) < 4.78 is 0. The smallest absolute Gasteiger partial charge is 0.0591 e. The molecule has 1 heterocycles. The van der Waals surface area contributed by atoms with Gasteiger partial charge >= 0.3 is 0 Å². The van der Waals surface area contributed by atoms with E-state index in [1.165, 1.54) is 25.4 Å². The Morgan fingerprint density at radius 3 is 1.73 bits per heavy atom. The Bertz CT molecular complexity index is 82.9. The van der Waals surface area contributed by atoms with Gasteiger partial charge in [-0.15, -0.1) is 0 Å². The van der Waals surface area contributed by atoms with Crippen LogP contribution in [0, 0.1) is 0 Å². The third-order valence-electron chi connectivity index (χ3n) is 2.66. The Morgan fingerprint density at radius 1 is 1.00 bits per heavy atom. The molecule has 0 aliphatic carbocycles.